The van der Waals surface area contributed by atoms with Gasteiger partial charge in [-0.3, -0.25) is 4.79 Å². The summed E-state index contributed by atoms with van der Waals surface area (Å²) in [6.45, 7) is 0. The third-order valence-electron chi connectivity index (χ3n) is 1.91. The second-order valence-corrected chi connectivity index (χ2v) is 3.64. The second-order valence-electron chi connectivity index (χ2n) is 2.83. The van der Waals surface area contributed by atoms with Crippen molar-refractivity contribution in [3.63, 3.8) is 0 Å². The molecule has 0 atom stereocenters. The lowest BCUT2D eigenvalue weighted by Crippen LogP contribution is -2.18. The minimum Gasteiger partial charge on any atom is -0.355 e. The summed E-state index contributed by atoms with van der Waals surface area (Å²) in [6.07, 6.45) is 3.55. The van der Waals surface area contributed by atoms with Crippen LogP contribution in [0.4, 0.5) is 0 Å². The van der Waals surface area contributed by atoms with Crippen molar-refractivity contribution in [1.29, 1.82) is 0 Å². The monoisotopic (exact) mass is 253 g/mol. The Balaban J connectivity index is 2.55. The Bertz CT molecular complexity index is 492. The molecule has 1 N–H and O–H groups in total. The zero-order valence-corrected chi connectivity index (χ0v) is 9.08. The fourth-order valence-electron chi connectivity index (χ4n) is 1.24. The van der Waals surface area contributed by atoms with Crippen molar-refractivity contribution >= 4 is 27.5 Å². The Hall–Kier alpha value is -1.36. The van der Waals surface area contributed by atoms with Crippen molar-refractivity contribution in [1.82, 2.24) is 14.7 Å². The Kier molecular flexibility index (Phi) is 2.25. The van der Waals surface area contributed by atoms with Gasteiger partial charge in [-0.2, -0.15) is 0 Å². The van der Waals surface area contributed by atoms with E-state index in [1.54, 1.807) is 29.8 Å². The van der Waals surface area contributed by atoms with Crippen LogP contribution in [0.1, 0.15) is 10.4 Å². The molecule has 14 heavy (non-hydrogen) atoms. The lowest BCUT2D eigenvalue weighted by atomic mass is 10.2. The zero-order valence-electron chi connectivity index (χ0n) is 7.49. The summed E-state index contributed by atoms with van der Waals surface area (Å²) in [4.78, 5) is 15.5. The highest BCUT2D eigenvalue weighted by Crippen LogP contribution is 2.11. The molecule has 0 spiro atoms. The highest BCUT2D eigenvalue weighted by molar-refractivity contribution is 9.10. The molecule has 0 aliphatic rings. The number of nitrogens with zero attached hydrogens (tertiary/aromatic N) is 2. The van der Waals surface area contributed by atoms with E-state index in [9.17, 15) is 4.79 Å². The van der Waals surface area contributed by atoms with E-state index in [1.165, 1.54) is 0 Å². The third-order valence-corrected chi connectivity index (χ3v) is 2.29. The summed E-state index contributed by atoms with van der Waals surface area (Å²) >= 11 is 3.27. The molecular weight excluding hydrogens is 246 g/mol. The predicted molar refractivity (Wildman–Crippen MR) is 56.3 cm³/mol. The van der Waals surface area contributed by atoms with E-state index in [-0.39, 0.29) is 5.91 Å². The van der Waals surface area contributed by atoms with Crippen LogP contribution in [0.2, 0.25) is 0 Å². The van der Waals surface area contributed by atoms with Crippen LogP contribution in [0.25, 0.3) is 5.65 Å². The highest BCUT2D eigenvalue weighted by Gasteiger charge is 2.04. The van der Waals surface area contributed by atoms with Crippen LogP contribution in [-0.2, 0) is 0 Å². The Morgan fingerprint density at radius 1 is 1.50 bits per heavy atom. The minimum atomic E-state index is -0.100. The highest BCUT2D eigenvalue weighted by atomic mass is 79.9. The fourth-order valence-corrected chi connectivity index (χ4v) is 1.64. The van der Waals surface area contributed by atoms with Gasteiger partial charge in [-0.15, -0.1) is 0 Å². The van der Waals surface area contributed by atoms with Gasteiger partial charge in [0.15, 0.2) is 0 Å². The summed E-state index contributed by atoms with van der Waals surface area (Å²) in [6, 6.07) is 3.54. The van der Waals surface area contributed by atoms with Gasteiger partial charge >= 0.3 is 0 Å². The maximum absolute atomic E-state index is 11.3. The Morgan fingerprint density at radius 2 is 2.29 bits per heavy atom. The first kappa shape index (κ1) is 9.21. The quantitative estimate of drug-likeness (QED) is 0.837. The van der Waals surface area contributed by atoms with Crippen LogP contribution >= 0.6 is 15.9 Å². The number of nitrogens with one attached hydrogen (secondary N) is 1. The van der Waals surface area contributed by atoms with Gasteiger partial charge in [0, 0.05) is 19.4 Å². The van der Waals surface area contributed by atoms with Gasteiger partial charge in [0.25, 0.3) is 5.91 Å². The van der Waals surface area contributed by atoms with Crippen LogP contribution in [0.5, 0.6) is 0 Å². The molecule has 0 saturated carbocycles. The number of halogens is 1. The van der Waals surface area contributed by atoms with Gasteiger partial charge in [-0.25, -0.2) is 4.98 Å². The van der Waals surface area contributed by atoms with Gasteiger partial charge in [-0.05, 0) is 28.1 Å². The number of hydrogen-bond acceptors (Lipinski definition) is 2. The zero-order chi connectivity index (χ0) is 10.1. The SMILES string of the molecule is CNC(=O)c1ccc2nc(Br)cn2c1. The smallest absolute Gasteiger partial charge is 0.252 e. The average molecular weight is 254 g/mol. The molecule has 2 rings (SSSR count). The van der Waals surface area contributed by atoms with Crippen molar-refractivity contribution in [3.8, 4) is 0 Å². The average Bonchev–Trinajstić information content (AvgIpc) is 2.55. The normalized spacial score (nSPS) is 10.4. The summed E-state index contributed by atoms with van der Waals surface area (Å²) in [5, 5.41) is 2.57. The number of imidazole rings is 1. The van der Waals surface area contributed by atoms with Gasteiger partial charge in [0.2, 0.25) is 0 Å². The molecule has 0 bridgehead atoms. The molecule has 2 aromatic heterocycles. The van der Waals surface area contributed by atoms with E-state index in [2.05, 4.69) is 26.2 Å². The van der Waals surface area contributed by atoms with E-state index in [0.29, 0.717) is 5.56 Å². The topological polar surface area (TPSA) is 46.4 Å². The van der Waals surface area contributed by atoms with Crippen LogP contribution < -0.4 is 5.32 Å². The maximum Gasteiger partial charge on any atom is 0.252 e. The number of carbonyl (C=O) groups excluding carboxylic acids is 1. The van der Waals surface area contributed by atoms with Gasteiger partial charge in [0.1, 0.15) is 10.3 Å². The first-order valence-corrected chi connectivity index (χ1v) is 4.86. The largest absolute Gasteiger partial charge is 0.355 e. The standard InChI is InChI=1S/C9H8BrN3O/c1-11-9(14)6-2-3-8-12-7(10)5-13(8)4-6/h2-5H,1H3,(H,11,14). The third kappa shape index (κ3) is 1.50. The number of amides is 1. The number of rotatable bonds is 1. The van der Waals surface area contributed by atoms with Crippen molar-refractivity contribution in [3.05, 3.63) is 34.7 Å². The molecule has 0 aromatic carbocycles. The lowest BCUT2D eigenvalue weighted by Gasteiger charge is -1.99. The van der Waals surface area contributed by atoms with Crippen LogP contribution in [0, 0.1) is 0 Å². The molecule has 0 unspecified atom stereocenters. The fraction of sp³-hybridized carbons (Fsp3) is 0.111. The van der Waals surface area contributed by atoms with Crippen molar-refractivity contribution < 1.29 is 4.79 Å². The van der Waals surface area contributed by atoms with Gasteiger partial charge in [0.05, 0.1) is 5.56 Å². The maximum atomic E-state index is 11.3. The summed E-state index contributed by atoms with van der Waals surface area (Å²) in [5.74, 6) is -0.100. The molecule has 0 aliphatic carbocycles. The minimum absolute atomic E-state index is 0.100. The molecular formula is C9H8BrN3O. The summed E-state index contributed by atoms with van der Waals surface area (Å²) < 4.78 is 2.56. The Labute approximate surface area is 89.1 Å². The lowest BCUT2D eigenvalue weighted by molar-refractivity contribution is 0.0962. The number of carbonyl (C=O) groups is 1. The Morgan fingerprint density at radius 3 is 3.00 bits per heavy atom. The summed E-state index contributed by atoms with van der Waals surface area (Å²) in [7, 11) is 1.61. The second kappa shape index (κ2) is 3.42. The van der Waals surface area contributed by atoms with Crippen LogP contribution in [-0.4, -0.2) is 22.3 Å². The molecule has 4 nitrogen and oxygen atoms in total. The molecule has 72 valence electrons. The van der Waals surface area contributed by atoms with Crippen molar-refractivity contribution in [2.45, 2.75) is 0 Å². The molecule has 0 fully saturated rings. The van der Waals surface area contributed by atoms with E-state index in [1.807, 2.05) is 6.20 Å². The molecule has 1 amide bonds. The summed E-state index contributed by atoms with van der Waals surface area (Å²) in [5.41, 5.74) is 1.43. The molecule has 2 heterocycles. The first-order chi connectivity index (χ1) is 6.70. The van der Waals surface area contributed by atoms with E-state index < -0.39 is 0 Å². The molecule has 5 heteroatoms. The molecule has 2 aromatic rings. The number of hydrogen-bond donors (Lipinski definition) is 1. The molecule has 0 aliphatic heterocycles. The molecule has 0 radical (unpaired) electrons. The van der Waals surface area contributed by atoms with Crippen molar-refractivity contribution in [2.75, 3.05) is 7.05 Å². The molecule has 0 saturated heterocycles. The van der Waals surface area contributed by atoms with E-state index >= 15 is 0 Å². The predicted octanol–water partition coefficient (Wildman–Crippen LogP) is 1.46. The number of fused-ring (bicyclic) bond motifs is 1. The van der Waals surface area contributed by atoms with E-state index in [4.69, 9.17) is 0 Å². The van der Waals surface area contributed by atoms with Gasteiger partial charge in [-0.1, -0.05) is 0 Å². The first-order valence-electron chi connectivity index (χ1n) is 4.07. The van der Waals surface area contributed by atoms with E-state index in [0.717, 1.165) is 10.3 Å². The number of pyridine rings is 1. The van der Waals surface area contributed by atoms with Crippen molar-refractivity contribution in [2.24, 2.45) is 0 Å². The van der Waals surface area contributed by atoms with Crippen LogP contribution in [0.15, 0.2) is 29.1 Å². The van der Waals surface area contributed by atoms with Crippen LogP contribution in [0.3, 0.4) is 0 Å². The number of aromatic nitrogens is 2. The van der Waals surface area contributed by atoms with Gasteiger partial charge < -0.3 is 9.72 Å².